The first-order valence-electron chi connectivity index (χ1n) is 9.01. The lowest BCUT2D eigenvalue weighted by Gasteiger charge is -2.28. The van der Waals surface area contributed by atoms with Crippen molar-refractivity contribution in [2.24, 2.45) is 0 Å². The molecule has 1 aliphatic heterocycles. The van der Waals surface area contributed by atoms with Crippen molar-refractivity contribution in [3.05, 3.63) is 35.4 Å². The van der Waals surface area contributed by atoms with Crippen LogP contribution in [0.25, 0.3) is 10.9 Å². The van der Waals surface area contributed by atoms with Crippen LogP contribution < -0.4 is 14.4 Å². The monoisotopic (exact) mass is 383 g/mol. The van der Waals surface area contributed by atoms with Gasteiger partial charge in [-0.2, -0.15) is 5.10 Å². The second kappa shape index (κ2) is 7.34. The highest BCUT2D eigenvalue weighted by Crippen LogP contribution is 2.36. The first kappa shape index (κ1) is 18.0. The highest BCUT2D eigenvalue weighted by Gasteiger charge is 2.28. The molecule has 0 saturated carbocycles. The Kier molecular flexibility index (Phi) is 4.72. The average molecular weight is 383 g/mol. The molecule has 3 aromatic rings. The number of ether oxygens (including phenoxy) is 3. The van der Waals surface area contributed by atoms with Gasteiger partial charge < -0.3 is 19.1 Å². The van der Waals surface area contributed by atoms with E-state index in [0.717, 1.165) is 40.9 Å². The molecule has 1 aliphatic rings. The van der Waals surface area contributed by atoms with Crippen LogP contribution in [0.15, 0.2) is 18.5 Å². The third kappa shape index (κ3) is 2.98. The van der Waals surface area contributed by atoms with Gasteiger partial charge in [0.1, 0.15) is 12.1 Å². The number of aromatic nitrogens is 4. The molecule has 0 aliphatic carbocycles. The van der Waals surface area contributed by atoms with Crippen LogP contribution in [0.1, 0.15) is 28.7 Å². The lowest BCUT2D eigenvalue weighted by Crippen LogP contribution is -2.32. The van der Waals surface area contributed by atoms with Crippen LogP contribution in [0.3, 0.4) is 0 Å². The number of hydrogen-bond acceptors (Lipinski definition) is 8. The smallest absolute Gasteiger partial charge is 0.359 e. The summed E-state index contributed by atoms with van der Waals surface area (Å²) in [5.74, 6) is 1.58. The molecule has 0 amide bonds. The lowest BCUT2D eigenvalue weighted by atomic mass is 10.0. The van der Waals surface area contributed by atoms with Crippen LogP contribution in [0.4, 0.5) is 5.82 Å². The second-order valence-corrected chi connectivity index (χ2v) is 6.34. The summed E-state index contributed by atoms with van der Waals surface area (Å²) >= 11 is 0. The van der Waals surface area contributed by atoms with Crippen molar-refractivity contribution in [2.45, 2.75) is 19.9 Å². The third-order valence-electron chi connectivity index (χ3n) is 4.82. The summed E-state index contributed by atoms with van der Waals surface area (Å²) in [6.45, 7) is 3.32. The van der Waals surface area contributed by atoms with Gasteiger partial charge in [-0.3, -0.25) is 5.10 Å². The molecular weight excluding hydrogens is 362 g/mol. The number of nitrogens with zero attached hydrogens (tertiary/aromatic N) is 4. The molecule has 0 radical (unpaired) electrons. The standard InChI is InChI=1S/C19H21N5O4/c1-4-28-19(25)17-12-9-24(6-5-13(12)22-23-17)18-11-7-15(26-2)16(27-3)8-14(11)20-10-21-18/h7-8,10H,4-6,9H2,1-3H3,(H,22,23). The van der Waals surface area contributed by atoms with Crippen molar-refractivity contribution >= 4 is 22.7 Å². The quantitative estimate of drug-likeness (QED) is 0.669. The zero-order chi connectivity index (χ0) is 19.7. The van der Waals surface area contributed by atoms with Gasteiger partial charge in [-0.15, -0.1) is 0 Å². The summed E-state index contributed by atoms with van der Waals surface area (Å²) in [5.41, 5.74) is 2.89. The molecular formula is C19H21N5O4. The minimum Gasteiger partial charge on any atom is -0.493 e. The van der Waals surface area contributed by atoms with Gasteiger partial charge in [0, 0.05) is 42.2 Å². The van der Waals surface area contributed by atoms with E-state index < -0.39 is 5.97 Å². The van der Waals surface area contributed by atoms with Gasteiger partial charge in [0.05, 0.1) is 26.3 Å². The first-order chi connectivity index (χ1) is 13.7. The number of carbonyl (C=O) groups excluding carboxylic acids is 1. The van der Waals surface area contributed by atoms with Crippen LogP contribution >= 0.6 is 0 Å². The van der Waals surface area contributed by atoms with Crippen LogP contribution in [-0.2, 0) is 17.7 Å². The van der Waals surface area contributed by atoms with Crippen molar-refractivity contribution in [2.75, 3.05) is 32.3 Å². The number of benzene rings is 1. The maximum Gasteiger partial charge on any atom is 0.359 e. The molecule has 4 rings (SSSR count). The van der Waals surface area contributed by atoms with Crippen LogP contribution in [-0.4, -0.2) is 53.5 Å². The summed E-state index contributed by atoms with van der Waals surface area (Å²) in [6, 6.07) is 3.71. The second-order valence-electron chi connectivity index (χ2n) is 6.34. The number of aromatic amines is 1. The van der Waals surface area contributed by atoms with Gasteiger partial charge in [0.15, 0.2) is 17.2 Å². The normalized spacial score (nSPS) is 13.3. The largest absolute Gasteiger partial charge is 0.493 e. The van der Waals surface area contributed by atoms with Gasteiger partial charge in [-0.05, 0) is 13.0 Å². The predicted molar refractivity (Wildman–Crippen MR) is 102 cm³/mol. The molecule has 1 aromatic carbocycles. The predicted octanol–water partition coefficient (Wildman–Crippen LogP) is 2.11. The SMILES string of the molecule is CCOC(=O)c1n[nH]c2c1CN(c1ncnc3cc(OC)c(OC)cc13)CC2. The van der Waals surface area contributed by atoms with Gasteiger partial charge in [-0.1, -0.05) is 0 Å². The fraction of sp³-hybridized carbons (Fsp3) is 0.368. The van der Waals surface area contributed by atoms with Crippen LogP contribution in [0, 0.1) is 0 Å². The molecule has 28 heavy (non-hydrogen) atoms. The Morgan fingerprint density at radius 3 is 2.75 bits per heavy atom. The summed E-state index contributed by atoms with van der Waals surface area (Å²) in [5, 5.41) is 7.97. The van der Waals surface area contributed by atoms with E-state index in [4.69, 9.17) is 14.2 Å². The summed E-state index contributed by atoms with van der Waals surface area (Å²) in [6.07, 6.45) is 2.25. The zero-order valence-corrected chi connectivity index (χ0v) is 16.0. The maximum absolute atomic E-state index is 12.2. The van der Waals surface area contributed by atoms with E-state index >= 15 is 0 Å². The van der Waals surface area contributed by atoms with Crippen molar-refractivity contribution in [1.82, 2.24) is 20.2 Å². The molecule has 9 nitrogen and oxygen atoms in total. The van der Waals surface area contributed by atoms with Gasteiger partial charge in [-0.25, -0.2) is 14.8 Å². The highest BCUT2D eigenvalue weighted by atomic mass is 16.5. The maximum atomic E-state index is 12.2. The average Bonchev–Trinajstić information content (AvgIpc) is 3.15. The fourth-order valence-electron chi connectivity index (χ4n) is 3.47. The molecule has 1 N–H and O–H groups in total. The number of nitrogens with one attached hydrogen (secondary N) is 1. The summed E-state index contributed by atoms with van der Waals surface area (Å²) in [7, 11) is 3.19. The molecule has 9 heteroatoms. The Labute approximate surface area is 161 Å². The third-order valence-corrected chi connectivity index (χ3v) is 4.82. The number of esters is 1. The minimum atomic E-state index is -0.416. The van der Waals surface area contributed by atoms with Gasteiger partial charge in [0.2, 0.25) is 0 Å². The van der Waals surface area contributed by atoms with E-state index in [0.29, 0.717) is 30.3 Å². The number of H-pyrrole nitrogens is 1. The Morgan fingerprint density at radius 1 is 1.21 bits per heavy atom. The van der Waals surface area contributed by atoms with Gasteiger partial charge in [0.25, 0.3) is 0 Å². The number of carbonyl (C=O) groups is 1. The van der Waals surface area contributed by atoms with Crippen molar-refractivity contribution in [1.29, 1.82) is 0 Å². The van der Waals surface area contributed by atoms with E-state index in [-0.39, 0.29) is 0 Å². The van der Waals surface area contributed by atoms with Crippen molar-refractivity contribution in [3.8, 4) is 11.5 Å². The molecule has 0 spiro atoms. The Morgan fingerprint density at radius 2 is 2.00 bits per heavy atom. The Balaban J connectivity index is 1.74. The van der Waals surface area contributed by atoms with Crippen molar-refractivity contribution < 1.29 is 19.0 Å². The summed E-state index contributed by atoms with van der Waals surface area (Å²) < 4.78 is 15.9. The van der Waals surface area contributed by atoms with Crippen molar-refractivity contribution in [3.63, 3.8) is 0 Å². The minimum absolute atomic E-state index is 0.308. The first-order valence-corrected chi connectivity index (χ1v) is 9.01. The number of fused-ring (bicyclic) bond motifs is 2. The summed E-state index contributed by atoms with van der Waals surface area (Å²) in [4.78, 5) is 23.2. The van der Waals surface area contributed by atoms with Crippen LogP contribution in [0.5, 0.6) is 11.5 Å². The van der Waals surface area contributed by atoms with E-state index in [1.54, 1.807) is 21.1 Å². The van der Waals surface area contributed by atoms with E-state index in [1.807, 2.05) is 12.1 Å². The molecule has 0 saturated heterocycles. The fourth-order valence-corrected chi connectivity index (χ4v) is 3.47. The molecule has 0 bridgehead atoms. The van der Waals surface area contributed by atoms with E-state index in [1.165, 1.54) is 6.33 Å². The highest BCUT2D eigenvalue weighted by molar-refractivity contribution is 5.93. The Bertz CT molecular complexity index is 1030. The van der Waals surface area contributed by atoms with E-state index in [2.05, 4.69) is 25.1 Å². The Hall–Kier alpha value is -3.36. The number of methoxy groups -OCH3 is 2. The number of anilines is 1. The molecule has 2 aromatic heterocycles. The molecule has 0 atom stereocenters. The molecule has 3 heterocycles. The molecule has 0 unspecified atom stereocenters. The van der Waals surface area contributed by atoms with Gasteiger partial charge >= 0.3 is 5.97 Å². The number of rotatable bonds is 5. The molecule has 0 fully saturated rings. The van der Waals surface area contributed by atoms with E-state index in [9.17, 15) is 4.79 Å². The number of hydrogen-bond donors (Lipinski definition) is 1. The zero-order valence-electron chi connectivity index (χ0n) is 16.0. The van der Waals surface area contributed by atoms with Crippen LogP contribution in [0.2, 0.25) is 0 Å². The topological polar surface area (TPSA) is 102 Å². The molecule has 146 valence electrons. The lowest BCUT2D eigenvalue weighted by molar-refractivity contribution is 0.0518.